The van der Waals surface area contributed by atoms with Crippen LogP contribution < -0.4 is 4.74 Å². The van der Waals surface area contributed by atoms with Crippen LogP contribution in [-0.2, 0) is 9.59 Å². The molecule has 0 unspecified atom stereocenters. The molecule has 2 aliphatic carbocycles. The van der Waals surface area contributed by atoms with E-state index in [-0.39, 0.29) is 34.4 Å². The molecule has 0 amide bonds. The number of ketones is 2. The molecule has 4 nitrogen and oxygen atoms in total. The molecule has 0 radical (unpaired) electrons. The predicted octanol–water partition coefficient (Wildman–Crippen LogP) is 6.55. The fourth-order valence-electron chi connectivity index (χ4n) is 5.54. The highest BCUT2D eigenvalue weighted by molar-refractivity contribution is 9.10. The van der Waals surface area contributed by atoms with Gasteiger partial charge in [0.2, 0.25) is 0 Å². The maximum atomic E-state index is 13.5. The molecule has 1 aromatic carbocycles. The molecule has 0 aromatic heterocycles. The van der Waals surface area contributed by atoms with Gasteiger partial charge in [-0.25, -0.2) is 0 Å². The van der Waals surface area contributed by atoms with E-state index in [2.05, 4.69) is 48.5 Å². The Bertz CT molecular complexity index is 1010. The van der Waals surface area contributed by atoms with Gasteiger partial charge < -0.3 is 9.64 Å². The minimum absolute atomic E-state index is 0.0633. The minimum atomic E-state index is -0.312. The third-order valence-electron chi connectivity index (χ3n) is 6.83. The van der Waals surface area contributed by atoms with Crippen LogP contribution in [0.2, 0.25) is 0 Å². The monoisotopic (exact) mass is 499 g/mol. The maximum absolute atomic E-state index is 13.5. The maximum Gasteiger partial charge on any atom is 0.162 e. The second-order valence-electron chi connectivity index (χ2n) is 11.5. The zero-order valence-electron chi connectivity index (χ0n) is 20.3. The predicted molar refractivity (Wildman–Crippen MR) is 131 cm³/mol. The van der Waals surface area contributed by atoms with E-state index in [1.165, 1.54) is 0 Å². The molecule has 5 heteroatoms. The van der Waals surface area contributed by atoms with E-state index >= 15 is 0 Å². The summed E-state index contributed by atoms with van der Waals surface area (Å²) in [4.78, 5) is 29.2. The molecule has 0 N–H and O–H groups in total. The van der Waals surface area contributed by atoms with Gasteiger partial charge in [0.25, 0.3) is 0 Å². The highest BCUT2D eigenvalue weighted by Gasteiger charge is 2.48. The first-order chi connectivity index (χ1) is 14.8. The lowest BCUT2D eigenvalue weighted by atomic mass is 9.64. The van der Waals surface area contributed by atoms with Crippen LogP contribution in [0.15, 0.2) is 45.2 Å². The molecule has 172 valence electrons. The third kappa shape index (κ3) is 4.09. The van der Waals surface area contributed by atoms with Gasteiger partial charge in [0.1, 0.15) is 5.75 Å². The third-order valence-corrected chi connectivity index (χ3v) is 7.45. The minimum Gasteiger partial charge on any atom is -0.490 e. The number of ether oxygens (including phenoxy) is 1. The first kappa shape index (κ1) is 23.3. The van der Waals surface area contributed by atoms with Crippen LogP contribution in [-0.4, -0.2) is 29.6 Å². The highest BCUT2D eigenvalue weighted by atomic mass is 79.9. The van der Waals surface area contributed by atoms with Crippen LogP contribution >= 0.6 is 15.9 Å². The molecule has 0 saturated heterocycles. The molecular formula is C27H34BrNO3. The van der Waals surface area contributed by atoms with Crippen molar-refractivity contribution in [1.82, 2.24) is 4.90 Å². The molecular weight excluding hydrogens is 466 g/mol. The summed E-state index contributed by atoms with van der Waals surface area (Å²) in [5.41, 5.74) is 4.58. The molecule has 1 aliphatic heterocycles. The largest absolute Gasteiger partial charge is 0.490 e. The van der Waals surface area contributed by atoms with E-state index in [9.17, 15) is 9.59 Å². The fourth-order valence-corrected chi connectivity index (χ4v) is 6.03. The number of carbonyl (C=O) groups excluding carboxylic acids is 2. The summed E-state index contributed by atoms with van der Waals surface area (Å²) in [6, 6.07) is 6.00. The van der Waals surface area contributed by atoms with Gasteiger partial charge in [-0.2, -0.15) is 0 Å². The molecule has 4 rings (SSSR count). The van der Waals surface area contributed by atoms with E-state index in [1.54, 1.807) is 0 Å². The van der Waals surface area contributed by atoms with Crippen LogP contribution in [0, 0.1) is 10.8 Å². The Labute approximate surface area is 200 Å². The fraction of sp³-hybridized carbons (Fsp3) is 0.556. The van der Waals surface area contributed by atoms with E-state index in [0.29, 0.717) is 12.8 Å². The van der Waals surface area contributed by atoms with Crippen LogP contribution in [0.5, 0.6) is 5.75 Å². The standard InChI is InChI=1S/C27H34BrNO3/c1-15(2)32-22-9-8-16(10-17(22)28)23-24-18(11-26(3,4)13-20(24)30)29(7)19-12-27(5,6)14-21(31)25(19)23/h8-10,15,23H,11-14H2,1-7H3. The second kappa shape index (κ2) is 7.86. The molecule has 0 fully saturated rings. The van der Waals surface area contributed by atoms with Gasteiger partial charge in [-0.05, 0) is 71.1 Å². The van der Waals surface area contributed by atoms with Crippen molar-refractivity contribution in [2.45, 2.75) is 79.2 Å². The van der Waals surface area contributed by atoms with Gasteiger partial charge >= 0.3 is 0 Å². The van der Waals surface area contributed by atoms with Crippen LogP contribution in [0.1, 0.15) is 78.7 Å². The van der Waals surface area contributed by atoms with Crippen molar-refractivity contribution < 1.29 is 14.3 Å². The van der Waals surface area contributed by atoms with Gasteiger partial charge in [0.15, 0.2) is 11.6 Å². The summed E-state index contributed by atoms with van der Waals surface area (Å²) >= 11 is 3.66. The number of benzene rings is 1. The lowest BCUT2D eigenvalue weighted by Crippen LogP contribution is -2.43. The number of allylic oxidation sites excluding steroid dienone is 4. The van der Waals surface area contributed by atoms with Crippen LogP contribution in [0.4, 0.5) is 0 Å². The molecule has 1 aromatic rings. The van der Waals surface area contributed by atoms with Gasteiger partial charge in [-0.1, -0.05) is 33.8 Å². The molecule has 0 saturated carbocycles. The lowest BCUT2D eigenvalue weighted by molar-refractivity contribution is -0.119. The summed E-state index contributed by atoms with van der Waals surface area (Å²) < 4.78 is 6.75. The summed E-state index contributed by atoms with van der Waals surface area (Å²) in [5.74, 6) is 0.784. The van der Waals surface area contributed by atoms with Gasteiger partial charge in [0, 0.05) is 48.3 Å². The van der Waals surface area contributed by atoms with Crippen molar-refractivity contribution in [2.24, 2.45) is 10.8 Å². The Balaban J connectivity index is 1.91. The van der Waals surface area contributed by atoms with Gasteiger partial charge in [0.05, 0.1) is 10.6 Å². The molecule has 3 aliphatic rings. The average molecular weight is 500 g/mol. The molecule has 0 atom stereocenters. The summed E-state index contributed by atoms with van der Waals surface area (Å²) in [6.07, 6.45) is 2.75. The Morgan fingerprint density at radius 2 is 1.44 bits per heavy atom. The molecule has 0 bridgehead atoms. The number of hydrogen-bond donors (Lipinski definition) is 0. The van der Waals surface area contributed by atoms with Crippen molar-refractivity contribution in [2.75, 3.05) is 7.05 Å². The molecule has 32 heavy (non-hydrogen) atoms. The van der Waals surface area contributed by atoms with Gasteiger partial charge in [-0.15, -0.1) is 0 Å². The number of halogens is 1. The number of rotatable bonds is 3. The number of nitrogens with zero attached hydrogens (tertiary/aromatic N) is 1. The van der Waals surface area contributed by atoms with E-state index in [0.717, 1.165) is 51.2 Å². The normalized spacial score (nSPS) is 23.0. The average Bonchev–Trinajstić information content (AvgIpc) is 2.63. The van der Waals surface area contributed by atoms with E-state index in [4.69, 9.17) is 4.74 Å². The lowest BCUT2D eigenvalue weighted by Gasteiger charge is -2.47. The number of hydrogen-bond acceptors (Lipinski definition) is 4. The van der Waals surface area contributed by atoms with Gasteiger partial charge in [-0.3, -0.25) is 9.59 Å². The highest BCUT2D eigenvalue weighted by Crippen LogP contribution is 2.54. The zero-order valence-corrected chi connectivity index (χ0v) is 21.9. The van der Waals surface area contributed by atoms with Crippen molar-refractivity contribution in [3.63, 3.8) is 0 Å². The molecule has 1 heterocycles. The Hall–Kier alpha value is -1.88. The van der Waals surface area contributed by atoms with E-state index in [1.807, 2.05) is 39.1 Å². The molecule has 0 spiro atoms. The van der Waals surface area contributed by atoms with E-state index < -0.39 is 0 Å². The van der Waals surface area contributed by atoms with Crippen LogP contribution in [0.25, 0.3) is 0 Å². The first-order valence-corrected chi connectivity index (χ1v) is 12.3. The second-order valence-corrected chi connectivity index (χ2v) is 12.3. The topological polar surface area (TPSA) is 46.6 Å². The SMILES string of the molecule is CC(C)Oc1ccc(C2C3=C(CC(C)(C)CC3=O)N(C)C3=C2C(=O)CC(C)(C)C3)cc1Br. The summed E-state index contributed by atoms with van der Waals surface area (Å²) in [5, 5.41) is 0. The van der Waals surface area contributed by atoms with Crippen molar-refractivity contribution in [1.29, 1.82) is 0 Å². The zero-order chi connectivity index (χ0) is 23.6. The smallest absolute Gasteiger partial charge is 0.162 e. The van der Waals surface area contributed by atoms with Crippen LogP contribution in [0.3, 0.4) is 0 Å². The number of Topliss-reactive ketones (excluding diaryl/α,β-unsaturated/α-hetero) is 2. The Kier molecular flexibility index (Phi) is 5.72. The summed E-state index contributed by atoms with van der Waals surface area (Å²) in [7, 11) is 2.04. The van der Waals surface area contributed by atoms with Crippen molar-refractivity contribution in [3.05, 3.63) is 50.8 Å². The van der Waals surface area contributed by atoms with Crippen molar-refractivity contribution in [3.8, 4) is 5.75 Å². The first-order valence-electron chi connectivity index (χ1n) is 11.5. The Morgan fingerprint density at radius 1 is 0.938 bits per heavy atom. The summed E-state index contributed by atoms with van der Waals surface area (Å²) in [6.45, 7) is 12.6. The Morgan fingerprint density at radius 3 is 1.88 bits per heavy atom. The quantitative estimate of drug-likeness (QED) is 0.472. The van der Waals surface area contributed by atoms with Crippen molar-refractivity contribution >= 4 is 27.5 Å². The number of carbonyl (C=O) groups is 2.